The average Bonchev–Trinajstić information content (AvgIpc) is 2.03. The highest BCUT2D eigenvalue weighted by Crippen LogP contribution is 2.20. The van der Waals surface area contributed by atoms with Crippen LogP contribution in [0.3, 0.4) is 0 Å². The van der Waals surface area contributed by atoms with Crippen LogP contribution >= 0.6 is 0 Å². The summed E-state index contributed by atoms with van der Waals surface area (Å²) in [6, 6.07) is 0. The highest BCUT2D eigenvalue weighted by Gasteiger charge is 2.05. The van der Waals surface area contributed by atoms with Crippen LogP contribution in [-0.4, -0.2) is 0 Å². The van der Waals surface area contributed by atoms with Gasteiger partial charge in [0.25, 0.3) is 0 Å². The van der Waals surface area contributed by atoms with Crippen molar-refractivity contribution < 1.29 is 0 Å². The Balaban J connectivity index is 2.60. The maximum Gasteiger partial charge on any atom is 0.00148 e. The van der Waals surface area contributed by atoms with Crippen LogP contribution in [0.15, 0.2) is 48.6 Å². The fraction of sp³-hybridized carbons (Fsp3) is 0.273. The van der Waals surface area contributed by atoms with Crippen LogP contribution < -0.4 is 0 Å². The van der Waals surface area contributed by atoms with Crippen molar-refractivity contribution in [3.8, 4) is 0 Å². The summed E-state index contributed by atoms with van der Waals surface area (Å²) in [4.78, 5) is 0. The van der Waals surface area contributed by atoms with Crippen LogP contribution in [0, 0.1) is 5.92 Å². The van der Waals surface area contributed by atoms with E-state index in [1.54, 1.807) is 0 Å². The lowest BCUT2D eigenvalue weighted by molar-refractivity contribution is 0.764. The van der Waals surface area contributed by atoms with Crippen LogP contribution in [0.25, 0.3) is 0 Å². The van der Waals surface area contributed by atoms with Gasteiger partial charge < -0.3 is 0 Å². The van der Waals surface area contributed by atoms with Gasteiger partial charge in [-0.25, -0.2) is 0 Å². The molecule has 0 heterocycles. The summed E-state index contributed by atoms with van der Waals surface area (Å²) in [6.07, 6.45) is 13.7. The molecule has 0 nitrogen and oxygen atoms in total. The van der Waals surface area contributed by atoms with E-state index in [0.717, 1.165) is 6.42 Å². The van der Waals surface area contributed by atoms with Crippen molar-refractivity contribution in [1.29, 1.82) is 0 Å². The van der Waals surface area contributed by atoms with Crippen molar-refractivity contribution in [2.45, 2.75) is 13.3 Å². The van der Waals surface area contributed by atoms with Gasteiger partial charge in [-0.15, -0.1) is 0 Å². The molecular formula is C11H14. The molecule has 0 saturated carbocycles. The maximum absolute atomic E-state index is 3.65. The lowest BCUT2D eigenvalue weighted by atomic mass is 9.92. The fourth-order valence-electron chi connectivity index (χ4n) is 1.20. The first-order valence-electron chi connectivity index (χ1n) is 3.97. The predicted octanol–water partition coefficient (Wildman–Crippen LogP) is 3.25. The van der Waals surface area contributed by atoms with Gasteiger partial charge in [-0.2, -0.15) is 0 Å². The molecule has 11 heavy (non-hydrogen) atoms. The smallest absolute Gasteiger partial charge is 0.00148 e. The summed E-state index contributed by atoms with van der Waals surface area (Å²) in [6.45, 7) is 5.81. The van der Waals surface area contributed by atoms with E-state index in [2.05, 4.69) is 37.8 Å². The van der Waals surface area contributed by atoms with Gasteiger partial charge >= 0.3 is 0 Å². The van der Waals surface area contributed by atoms with E-state index in [-0.39, 0.29) is 0 Å². The highest BCUT2D eigenvalue weighted by atomic mass is 14.1. The Bertz CT molecular complexity index is 216. The van der Waals surface area contributed by atoms with E-state index < -0.39 is 0 Å². The molecule has 0 amide bonds. The van der Waals surface area contributed by atoms with Crippen molar-refractivity contribution in [2.75, 3.05) is 0 Å². The molecule has 1 unspecified atom stereocenters. The fourth-order valence-corrected chi connectivity index (χ4v) is 1.20. The largest absolute Gasteiger partial charge is 0.0991 e. The zero-order chi connectivity index (χ0) is 8.10. The lowest BCUT2D eigenvalue weighted by Crippen LogP contribution is -1.98. The highest BCUT2D eigenvalue weighted by molar-refractivity contribution is 5.23. The van der Waals surface area contributed by atoms with Gasteiger partial charge in [-0.05, 0) is 13.3 Å². The third-order valence-electron chi connectivity index (χ3n) is 1.95. The van der Waals surface area contributed by atoms with Crippen LogP contribution in [-0.2, 0) is 0 Å². The van der Waals surface area contributed by atoms with Crippen molar-refractivity contribution in [3.05, 3.63) is 48.6 Å². The third-order valence-corrected chi connectivity index (χ3v) is 1.95. The zero-order valence-corrected chi connectivity index (χ0v) is 6.96. The molecule has 0 N–H and O–H groups in total. The normalized spacial score (nSPS) is 23.7. The van der Waals surface area contributed by atoms with E-state index in [0.29, 0.717) is 5.92 Å². The second kappa shape index (κ2) is 3.97. The Kier molecular flexibility index (Phi) is 2.91. The second-order valence-corrected chi connectivity index (χ2v) is 2.80. The molecule has 0 aromatic rings. The van der Waals surface area contributed by atoms with Gasteiger partial charge in [0, 0.05) is 5.92 Å². The summed E-state index contributed by atoms with van der Waals surface area (Å²) in [5, 5.41) is 0. The lowest BCUT2D eigenvalue weighted by Gasteiger charge is -2.13. The van der Waals surface area contributed by atoms with Gasteiger partial charge in [0.15, 0.2) is 0 Å². The molecule has 0 fully saturated rings. The molecule has 0 aromatic heterocycles. The van der Waals surface area contributed by atoms with Gasteiger partial charge in [0.05, 0.1) is 0 Å². The minimum atomic E-state index is 0.595. The molecule has 0 saturated heterocycles. The van der Waals surface area contributed by atoms with Crippen LogP contribution in [0.5, 0.6) is 0 Å². The monoisotopic (exact) mass is 146 g/mol. The molecule has 0 aliphatic heterocycles. The Hall–Kier alpha value is -1.04. The van der Waals surface area contributed by atoms with Gasteiger partial charge in [-0.3, -0.25) is 0 Å². The van der Waals surface area contributed by atoms with Crippen LogP contribution in [0.4, 0.5) is 0 Å². The molecule has 58 valence electrons. The van der Waals surface area contributed by atoms with E-state index in [9.17, 15) is 0 Å². The molecule has 1 aliphatic rings. The maximum atomic E-state index is 3.65. The molecular weight excluding hydrogens is 132 g/mol. The summed E-state index contributed by atoms with van der Waals surface area (Å²) in [5.41, 5.74) is 1.44. The van der Waals surface area contributed by atoms with Gasteiger partial charge in [-0.1, -0.05) is 48.6 Å². The zero-order valence-electron chi connectivity index (χ0n) is 6.96. The summed E-state index contributed by atoms with van der Waals surface area (Å²) < 4.78 is 0. The topological polar surface area (TPSA) is 0 Å². The van der Waals surface area contributed by atoms with E-state index in [4.69, 9.17) is 0 Å². The number of allylic oxidation sites excluding steroid dienone is 7. The summed E-state index contributed by atoms with van der Waals surface area (Å²) in [5.74, 6) is 0.595. The quantitative estimate of drug-likeness (QED) is 0.524. The Morgan fingerprint density at radius 2 is 2.45 bits per heavy atom. The minimum absolute atomic E-state index is 0.595. The Labute approximate surface area is 68.6 Å². The number of hydrogen-bond donors (Lipinski definition) is 0. The molecule has 0 bridgehead atoms. The van der Waals surface area contributed by atoms with Gasteiger partial charge in [0.1, 0.15) is 0 Å². The SMILES string of the molecule is C=C/C=C\C1CC=CC=C1C. The number of rotatable bonds is 2. The average molecular weight is 146 g/mol. The Morgan fingerprint density at radius 1 is 1.64 bits per heavy atom. The summed E-state index contributed by atoms with van der Waals surface area (Å²) in [7, 11) is 0. The van der Waals surface area contributed by atoms with Crippen molar-refractivity contribution in [1.82, 2.24) is 0 Å². The minimum Gasteiger partial charge on any atom is -0.0991 e. The Morgan fingerprint density at radius 3 is 3.09 bits per heavy atom. The first-order chi connectivity index (χ1) is 5.34. The molecule has 1 rings (SSSR count). The van der Waals surface area contributed by atoms with Crippen LogP contribution in [0.2, 0.25) is 0 Å². The molecule has 0 spiro atoms. The summed E-state index contributed by atoms with van der Waals surface area (Å²) >= 11 is 0. The van der Waals surface area contributed by atoms with Crippen molar-refractivity contribution in [2.24, 2.45) is 5.92 Å². The van der Waals surface area contributed by atoms with Crippen molar-refractivity contribution in [3.63, 3.8) is 0 Å². The first-order valence-corrected chi connectivity index (χ1v) is 3.97. The molecule has 0 aromatic carbocycles. The molecule has 0 heteroatoms. The second-order valence-electron chi connectivity index (χ2n) is 2.80. The van der Waals surface area contributed by atoms with Crippen LogP contribution in [0.1, 0.15) is 13.3 Å². The van der Waals surface area contributed by atoms with E-state index in [1.807, 2.05) is 12.2 Å². The third kappa shape index (κ3) is 2.23. The van der Waals surface area contributed by atoms with Crippen molar-refractivity contribution >= 4 is 0 Å². The standard InChI is InChI=1S/C11H14/c1-3-4-8-11-9-6-5-7-10(11)2/h3-8,11H,1,9H2,2H3/b8-4-. The number of hydrogen-bond acceptors (Lipinski definition) is 0. The molecule has 1 aliphatic carbocycles. The molecule has 0 radical (unpaired) electrons. The predicted molar refractivity (Wildman–Crippen MR) is 50.3 cm³/mol. The van der Waals surface area contributed by atoms with E-state index in [1.165, 1.54) is 5.57 Å². The van der Waals surface area contributed by atoms with Gasteiger partial charge in [0.2, 0.25) is 0 Å². The van der Waals surface area contributed by atoms with E-state index >= 15 is 0 Å². The first kappa shape index (κ1) is 8.06. The molecule has 1 atom stereocenters.